The summed E-state index contributed by atoms with van der Waals surface area (Å²) in [6.07, 6.45) is 4.18. The summed E-state index contributed by atoms with van der Waals surface area (Å²) in [4.78, 5) is 12.4. The van der Waals surface area contributed by atoms with Crippen LogP contribution in [0.4, 0.5) is 0 Å². The van der Waals surface area contributed by atoms with Gasteiger partial charge in [-0.2, -0.15) is 0 Å². The fourth-order valence-electron chi connectivity index (χ4n) is 2.27. The molecule has 0 aliphatic rings. The zero-order valence-electron chi connectivity index (χ0n) is 13.4. The molecular weight excluding hydrogens is 224 g/mol. The lowest BCUT2D eigenvalue weighted by atomic mass is 9.73. The first kappa shape index (κ1) is 17.5. The van der Waals surface area contributed by atoms with Crippen molar-refractivity contribution < 1.29 is 9.53 Å². The second kappa shape index (κ2) is 7.81. The molecule has 0 amide bonds. The molecule has 2 heteroatoms. The highest BCUT2D eigenvalue weighted by atomic mass is 16.5. The van der Waals surface area contributed by atoms with E-state index in [0.29, 0.717) is 11.8 Å². The molecule has 18 heavy (non-hydrogen) atoms. The SMILES string of the molecule is CCCCC(C)OC(=O)C(C)(CC(C)C)C(C)C. The quantitative estimate of drug-likeness (QED) is 0.582. The number of carbonyl (C=O) groups is 1. The largest absolute Gasteiger partial charge is 0.462 e. The van der Waals surface area contributed by atoms with Crippen LogP contribution in [0, 0.1) is 17.3 Å². The van der Waals surface area contributed by atoms with Crippen molar-refractivity contribution in [2.24, 2.45) is 17.3 Å². The van der Waals surface area contributed by atoms with Crippen LogP contribution in [0.3, 0.4) is 0 Å². The van der Waals surface area contributed by atoms with Crippen LogP contribution in [-0.4, -0.2) is 12.1 Å². The van der Waals surface area contributed by atoms with Crippen LogP contribution in [0.1, 0.15) is 74.1 Å². The van der Waals surface area contributed by atoms with E-state index in [9.17, 15) is 4.79 Å². The van der Waals surface area contributed by atoms with E-state index in [4.69, 9.17) is 4.74 Å². The summed E-state index contributed by atoms with van der Waals surface area (Å²) < 4.78 is 5.64. The minimum absolute atomic E-state index is 0.0187. The summed E-state index contributed by atoms with van der Waals surface area (Å²) in [5.41, 5.74) is -0.353. The second-order valence-corrected chi connectivity index (χ2v) is 6.53. The van der Waals surface area contributed by atoms with Crippen LogP contribution in [0.15, 0.2) is 0 Å². The molecule has 0 aromatic rings. The summed E-state index contributed by atoms with van der Waals surface area (Å²) >= 11 is 0. The van der Waals surface area contributed by atoms with Crippen molar-refractivity contribution in [2.45, 2.75) is 80.3 Å². The Balaban J connectivity index is 4.57. The van der Waals surface area contributed by atoms with E-state index in [2.05, 4.69) is 34.6 Å². The van der Waals surface area contributed by atoms with Gasteiger partial charge in [-0.1, -0.05) is 47.5 Å². The average Bonchev–Trinajstić information content (AvgIpc) is 2.24. The zero-order chi connectivity index (χ0) is 14.3. The first-order valence-electron chi connectivity index (χ1n) is 7.45. The molecule has 0 fully saturated rings. The second-order valence-electron chi connectivity index (χ2n) is 6.53. The van der Waals surface area contributed by atoms with Crippen molar-refractivity contribution in [3.8, 4) is 0 Å². The summed E-state index contributed by atoms with van der Waals surface area (Å²) in [6, 6.07) is 0. The molecule has 2 nitrogen and oxygen atoms in total. The molecule has 2 unspecified atom stereocenters. The van der Waals surface area contributed by atoms with Gasteiger partial charge in [0.05, 0.1) is 11.5 Å². The molecule has 0 aliphatic carbocycles. The van der Waals surface area contributed by atoms with E-state index >= 15 is 0 Å². The molecule has 0 aromatic carbocycles. The van der Waals surface area contributed by atoms with E-state index in [-0.39, 0.29) is 17.5 Å². The summed E-state index contributed by atoms with van der Waals surface area (Å²) in [5.74, 6) is 0.802. The predicted octanol–water partition coefficient (Wildman–Crippen LogP) is 4.82. The van der Waals surface area contributed by atoms with Crippen LogP contribution in [-0.2, 0) is 9.53 Å². The maximum absolute atomic E-state index is 12.4. The normalized spacial score (nSPS) is 16.7. The van der Waals surface area contributed by atoms with Crippen molar-refractivity contribution in [3.63, 3.8) is 0 Å². The monoisotopic (exact) mass is 256 g/mol. The van der Waals surface area contributed by atoms with Gasteiger partial charge in [0.25, 0.3) is 0 Å². The topological polar surface area (TPSA) is 26.3 Å². The first-order chi connectivity index (χ1) is 8.24. The lowest BCUT2D eigenvalue weighted by molar-refractivity contribution is -0.164. The van der Waals surface area contributed by atoms with Gasteiger partial charge in [-0.3, -0.25) is 4.79 Å². The van der Waals surface area contributed by atoms with Crippen molar-refractivity contribution >= 4 is 5.97 Å². The van der Waals surface area contributed by atoms with Crippen molar-refractivity contribution in [3.05, 3.63) is 0 Å². The fourth-order valence-corrected chi connectivity index (χ4v) is 2.27. The number of unbranched alkanes of at least 4 members (excludes halogenated alkanes) is 1. The van der Waals surface area contributed by atoms with Crippen LogP contribution >= 0.6 is 0 Å². The molecule has 0 spiro atoms. The Morgan fingerprint density at radius 1 is 1.17 bits per heavy atom. The van der Waals surface area contributed by atoms with Gasteiger partial charge < -0.3 is 4.74 Å². The van der Waals surface area contributed by atoms with Gasteiger partial charge >= 0.3 is 5.97 Å². The molecule has 0 aromatic heterocycles. The maximum Gasteiger partial charge on any atom is 0.312 e. The molecular formula is C16H32O2. The molecule has 2 atom stereocenters. The third kappa shape index (κ3) is 5.41. The molecule has 0 saturated heterocycles. The lowest BCUT2D eigenvalue weighted by Crippen LogP contribution is -2.38. The molecule has 0 rings (SSSR count). The van der Waals surface area contributed by atoms with E-state index in [0.717, 1.165) is 25.7 Å². The molecule has 108 valence electrons. The van der Waals surface area contributed by atoms with Crippen LogP contribution in [0.2, 0.25) is 0 Å². The number of ether oxygens (including phenoxy) is 1. The number of hydrogen-bond donors (Lipinski definition) is 0. The smallest absolute Gasteiger partial charge is 0.312 e. The minimum Gasteiger partial charge on any atom is -0.462 e. The summed E-state index contributed by atoms with van der Waals surface area (Å²) in [5, 5.41) is 0. The van der Waals surface area contributed by atoms with Gasteiger partial charge in [-0.05, 0) is 38.5 Å². The van der Waals surface area contributed by atoms with E-state index in [1.165, 1.54) is 0 Å². The van der Waals surface area contributed by atoms with Crippen LogP contribution in [0.5, 0.6) is 0 Å². The van der Waals surface area contributed by atoms with E-state index in [1.54, 1.807) is 0 Å². The Hall–Kier alpha value is -0.530. The summed E-state index contributed by atoms with van der Waals surface area (Å²) in [6.45, 7) is 14.8. The Bertz CT molecular complexity index is 245. The number of rotatable bonds is 8. The van der Waals surface area contributed by atoms with Crippen molar-refractivity contribution in [1.29, 1.82) is 0 Å². The Morgan fingerprint density at radius 2 is 1.72 bits per heavy atom. The highest BCUT2D eigenvalue weighted by molar-refractivity contribution is 5.76. The Morgan fingerprint density at radius 3 is 2.11 bits per heavy atom. The maximum atomic E-state index is 12.4. The van der Waals surface area contributed by atoms with Gasteiger partial charge in [0.1, 0.15) is 0 Å². The Labute approximate surface area is 113 Å². The number of hydrogen-bond acceptors (Lipinski definition) is 2. The van der Waals surface area contributed by atoms with Gasteiger partial charge in [0, 0.05) is 0 Å². The van der Waals surface area contributed by atoms with Crippen LogP contribution < -0.4 is 0 Å². The molecule has 0 heterocycles. The average molecular weight is 256 g/mol. The van der Waals surface area contributed by atoms with Crippen LogP contribution in [0.25, 0.3) is 0 Å². The fraction of sp³-hybridized carbons (Fsp3) is 0.938. The lowest BCUT2D eigenvalue weighted by Gasteiger charge is -2.34. The molecule has 0 aliphatic heterocycles. The zero-order valence-corrected chi connectivity index (χ0v) is 13.4. The van der Waals surface area contributed by atoms with Crippen molar-refractivity contribution in [1.82, 2.24) is 0 Å². The number of carbonyl (C=O) groups excluding carboxylic acids is 1. The standard InChI is InChI=1S/C16H32O2/c1-8-9-10-14(6)18-15(17)16(7,13(4)5)11-12(2)3/h12-14H,8-11H2,1-7H3. The first-order valence-corrected chi connectivity index (χ1v) is 7.45. The van der Waals surface area contributed by atoms with E-state index in [1.807, 2.05) is 13.8 Å². The van der Waals surface area contributed by atoms with E-state index < -0.39 is 0 Å². The minimum atomic E-state index is -0.353. The van der Waals surface area contributed by atoms with Gasteiger partial charge in [-0.15, -0.1) is 0 Å². The molecule has 0 N–H and O–H groups in total. The van der Waals surface area contributed by atoms with Gasteiger partial charge in [0.15, 0.2) is 0 Å². The predicted molar refractivity (Wildman–Crippen MR) is 77.5 cm³/mol. The highest BCUT2D eigenvalue weighted by Gasteiger charge is 2.39. The van der Waals surface area contributed by atoms with Gasteiger partial charge in [0.2, 0.25) is 0 Å². The highest BCUT2D eigenvalue weighted by Crippen LogP contribution is 2.36. The number of esters is 1. The molecule has 0 radical (unpaired) electrons. The molecule has 0 bridgehead atoms. The third-order valence-corrected chi connectivity index (χ3v) is 3.85. The Kier molecular flexibility index (Phi) is 7.58. The summed E-state index contributed by atoms with van der Waals surface area (Å²) in [7, 11) is 0. The van der Waals surface area contributed by atoms with Gasteiger partial charge in [-0.25, -0.2) is 0 Å². The molecule has 0 saturated carbocycles. The van der Waals surface area contributed by atoms with Crippen molar-refractivity contribution in [2.75, 3.05) is 0 Å². The third-order valence-electron chi connectivity index (χ3n) is 3.85.